The standard InChI is InChI=1S/C8H15BrOS2.C5H13NS2/c1-2-5-11-12-6-3-4-8(10)7-9;1-2-4-7-8-5-3-6/h2-7H2,1H3;2-6H2,1H3. The van der Waals surface area contributed by atoms with Gasteiger partial charge in [-0.3, -0.25) is 4.79 Å². The third-order valence-electron chi connectivity index (χ3n) is 1.78. The molecule has 0 aromatic rings. The Morgan fingerprint density at radius 3 is 1.90 bits per heavy atom. The fourth-order valence-corrected chi connectivity index (χ4v) is 5.35. The maximum Gasteiger partial charge on any atom is 0.143 e. The van der Waals surface area contributed by atoms with E-state index in [2.05, 4.69) is 29.8 Å². The summed E-state index contributed by atoms with van der Waals surface area (Å²) in [4.78, 5) is 10.8. The molecule has 0 aliphatic carbocycles. The minimum absolute atomic E-state index is 0.316. The highest BCUT2D eigenvalue weighted by Crippen LogP contribution is 2.23. The summed E-state index contributed by atoms with van der Waals surface area (Å²) in [5.41, 5.74) is 5.28. The largest absolute Gasteiger partial charge is 0.330 e. The summed E-state index contributed by atoms with van der Waals surface area (Å²) >= 11 is 3.15. The van der Waals surface area contributed by atoms with Gasteiger partial charge < -0.3 is 5.73 Å². The van der Waals surface area contributed by atoms with Crippen LogP contribution in [-0.4, -0.2) is 40.7 Å². The molecule has 0 unspecified atom stereocenters. The van der Waals surface area contributed by atoms with Crippen molar-refractivity contribution < 1.29 is 4.79 Å². The highest BCUT2D eigenvalue weighted by atomic mass is 79.9. The Labute approximate surface area is 149 Å². The Balaban J connectivity index is 0. The third kappa shape index (κ3) is 24.5. The van der Waals surface area contributed by atoms with E-state index in [1.54, 1.807) is 0 Å². The normalized spacial score (nSPS) is 10.0. The average Bonchev–Trinajstić information content (AvgIpc) is 2.47. The van der Waals surface area contributed by atoms with Gasteiger partial charge in [0.05, 0.1) is 5.33 Å². The molecule has 0 aliphatic rings. The van der Waals surface area contributed by atoms with Gasteiger partial charge in [0.25, 0.3) is 0 Å². The van der Waals surface area contributed by atoms with Crippen LogP contribution in [0.2, 0.25) is 0 Å². The van der Waals surface area contributed by atoms with E-state index in [9.17, 15) is 4.79 Å². The first-order chi connectivity index (χ1) is 9.72. The molecule has 0 rings (SSSR count). The van der Waals surface area contributed by atoms with Gasteiger partial charge in [0.15, 0.2) is 0 Å². The molecule has 0 aromatic carbocycles. The number of hydrogen-bond donors (Lipinski definition) is 1. The van der Waals surface area contributed by atoms with Crippen LogP contribution < -0.4 is 5.73 Å². The number of ketones is 1. The molecule has 0 radical (unpaired) electrons. The molecule has 0 fully saturated rings. The summed E-state index contributed by atoms with van der Waals surface area (Å²) in [6.07, 6.45) is 4.25. The first kappa shape index (κ1) is 23.8. The van der Waals surface area contributed by atoms with Crippen LogP contribution in [0, 0.1) is 0 Å². The number of carbonyl (C=O) groups excluding carboxylic acids is 1. The van der Waals surface area contributed by atoms with Crippen molar-refractivity contribution in [3.8, 4) is 0 Å². The quantitative estimate of drug-likeness (QED) is 0.248. The highest BCUT2D eigenvalue weighted by Gasteiger charge is 1.98. The van der Waals surface area contributed by atoms with Crippen LogP contribution in [0.25, 0.3) is 0 Å². The van der Waals surface area contributed by atoms with E-state index in [0.29, 0.717) is 11.1 Å². The molecule has 122 valence electrons. The molecule has 0 saturated carbocycles. The highest BCUT2D eigenvalue weighted by molar-refractivity contribution is 9.09. The number of Topliss-reactive ketones (excluding diaryl/α,β-unsaturated/α-hetero) is 1. The molecule has 0 saturated heterocycles. The van der Waals surface area contributed by atoms with Crippen LogP contribution in [0.4, 0.5) is 0 Å². The molecule has 0 aliphatic heterocycles. The first-order valence-electron chi connectivity index (χ1n) is 6.99. The summed E-state index contributed by atoms with van der Waals surface area (Å²) < 4.78 is 0. The number of carbonyl (C=O) groups is 1. The van der Waals surface area contributed by atoms with Crippen LogP contribution >= 0.6 is 59.1 Å². The van der Waals surface area contributed by atoms with Crippen LogP contribution in [0.1, 0.15) is 39.5 Å². The minimum Gasteiger partial charge on any atom is -0.330 e. The van der Waals surface area contributed by atoms with Crippen molar-refractivity contribution in [1.82, 2.24) is 0 Å². The Bertz CT molecular complexity index is 193. The van der Waals surface area contributed by atoms with Crippen molar-refractivity contribution in [2.75, 3.05) is 34.9 Å². The second-order valence-corrected chi connectivity index (χ2v) is 9.82. The zero-order chi connectivity index (χ0) is 15.5. The van der Waals surface area contributed by atoms with Gasteiger partial charge in [0.1, 0.15) is 5.78 Å². The lowest BCUT2D eigenvalue weighted by Crippen LogP contribution is -1.99. The maximum absolute atomic E-state index is 10.8. The molecular weight excluding hydrogens is 394 g/mol. The second-order valence-electron chi connectivity index (χ2n) is 3.85. The summed E-state index contributed by atoms with van der Waals surface area (Å²) in [6, 6.07) is 0. The van der Waals surface area contributed by atoms with Gasteiger partial charge in [-0.05, 0) is 19.3 Å². The first-order valence-corrected chi connectivity index (χ1v) is 13.1. The van der Waals surface area contributed by atoms with Gasteiger partial charge in [-0.25, -0.2) is 0 Å². The van der Waals surface area contributed by atoms with Gasteiger partial charge in [0, 0.05) is 36.0 Å². The van der Waals surface area contributed by atoms with E-state index < -0.39 is 0 Å². The number of halogens is 1. The summed E-state index contributed by atoms with van der Waals surface area (Å²) in [5, 5.41) is 0.514. The smallest absolute Gasteiger partial charge is 0.143 e. The van der Waals surface area contributed by atoms with Gasteiger partial charge in [-0.1, -0.05) is 73.0 Å². The zero-order valence-electron chi connectivity index (χ0n) is 12.6. The lowest BCUT2D eigenvalue weighted by molar-refractivity contribution is -0.116. The van der Waals surface area contributed by atoms with Crippen molar-refractivity contribution in [2.45, 2.75) is 39.5 Å². The van der Waals surface area contributed by atoms with Crippen molar-refractivity contribution in [3.63, 3.8) is 0 Å². The van der Waals surface area contributed by atoms with E-state index in [-0.39, 0.29) is 0 Å². The Kier molecular flexibility index (Phi) is 27.1. The lowest BCUT2D eigenvalue weighted by Gasteiger charge is -1.98. The summed E-state index contributed by atoms with van der Waals surface area (Å²) in [5.74, 6) is 4.98. The van der Waals surface area contributed by atoms with Gasteiger partial charge in [0.2, 0.25) is 0 Å². The number of rotatable bonds is 13. The molecule has 20 heavy (non-hydrogen) atoms. The molecule has 0 aromatic heterocycles. The molecule has 0 bridgehead atoms. The fraction of sp³-hybridized carbons (Fsp3) is 0.923. The number of hydrogen-bond acceptors (Lipinski definition) is 6. The molecule has 0 heterocycles. The van der Waals surface area contributed by atoms with Crippen molar-refractivity contribution in [1.29, 1.82) is 0 Å². The molecule has 2 nitrogen and oxygen atoms in total. The van der Waals surface area contributed by atoms with Gasteiger partial charge in [-0.15, -0.1) is 0 Å². The van der Waals surface area contributed by atoms with E-state index in [4.69, 9.17) is 5.73 Å². The Hall–Kier alpha value is 1.51. The zero-order valence-corrected chi connectivity index (χ0v) is 17.4. The monoisotopic (exact) mass is 421 g/mol. The lowest BCUT2D eigenvalue weighted by atomic mass is 10.3. The van der Waals surface area contributed by atoms with Gasteiger partial charge >= 0.3 is 0 Å². The second kappa shape index (κ2) is 22.8. The van der Waals surface area contributed by atoms with E-state index in [0.717, 1.165) is 30.9 Å². The van der Waals surface area contributed by atoms with E-state index in [1.165, 1.54) is 24.3 Å². The maximum atomic E-state index is 10.8. The van der Waals surface area contributed by atoms with Crippen LogP contribution in [0.3, 0.4) is 0 Å². The van der Waals surface area contributed by atoms with E-state index in [1.807, 2.05) is 43.2 Å². The Morgan fingerprint density at radius 2 is 1.45 bits per heavy atom. The van der Waals surface area contributed by atoms with Crippen molar-refractivity contribution in [2.24, 2.45) is 5.73 Å². The van der Waals surface area contributed by atoms with Crippen LogP contribution in [0.5, 0.6) is 0 Å². The predicted octanol–water partition coefficient (Wildman–Crippen LogP) is 5.26. The van der Waals surface area contributed by atoms with Gasteiger partial charge in [-0.2, -0.15) is 0 Å². The van der Waals surface area contributed by atoms with Crippen molar-refractivity contribution in [3.05, 3.63) is 0 Å². The average molecular weight is 423 g/mol. The fourth-order valence-electron chi connectivity index (χ4n) is 0.846. The van der Waals surface area contributed by atoms with E-state index >= 15 is 0 Å². The summed E-state index contributed by atoms with van der Waals surface area (Å²) in [6.45, 7) is 5.18. The molecular formula is C13H28BrNOS4. The molecule has 7 heteroatoms. The van der Waals surface area contributed by atoms with Crippen molar-refractivity contribution >= 4 is 64.9 Å². The molecule has 0 atom stereocenters. The number of nitrogens with two attached hydrogens (primary N) is 1. The SMILES string of the molecule is CCCSSCCCC(=O)CBr.CCCSSCCN. The third-order valence-corrected chi connectivity index (χ3v) is 7.74. The van der Waals surface area contributed by atoms with Crippen LogP contribution in [-0.2, 0) is 4.79 Å². The predicted molar refractivity (Wildman–Crippen MR) is 108 cm³/mol. The number of alkyl halides is 1. The molecule has 0 spiro atoms. The summed E-state index contributed by atoms with van der Waals surface area (Å²) in [7, 11) is 7.57. The topological polar surface area (TPSA) is 43.1 Å². The molecule has 2 N–H and O–H groups in total. The Morgan fingerprint density at radius 1 is 0.950 bits per heavy atom. The molecule has 0 amide bonds. The van der Waals surface area contributed by atoms with Crippen LogP contribution in [0.15, 0.2) is 0 Å². The minimum atomic E-state index is 0.316.